The number of halogens is 10. The molecule has 40 heavy (non-hydrogen) atoms. The van der Waals surface area contributed by atoms with Crippen LogP contribution in [0.5, 0.6) is 5.75 Å². The van der Waals surface area contributed by atoms with Crippen LogP contribution in [0, 0.1) is 29.1 Å². The van der Waals surface area contributed by atoms with Crippen molar-refractivity contribution in [3.8, 4) is 28.0 Å². The van der Waals surface area contributed by atoms with E-state index in [-0.39, 0.29) is 17.7 Å². The SMILES string of the molecule is CCCc1ccc(-c2ccc(-c3cc(F)c(C(F)(F)Oc4ccc(C(F)(F)F)c(F)c4)c(F)c3)c(F)c2F)cc1. The fourth-order valence-corrected chi connectivity index (χ4v) is 4.13. The molecule has 0 saturated heterocycles. The minimum Gasteiger partial charge on any atom is -0.429 e. The Balaban J connectivity index is 1.65. The quantitative estimate of drug-likeness (QED) is 0.200. The largest absolute Gasteiger partial charge is 0.432 e. The molecule has 0 radical (unpaired) electrons. The first-order valence-electron chi connectivity index (χ1n) is 11.7. The van der Waals surface area contributed by atoms with E-state index in [4.69, 9.17) is 0 Å². The highest BCUT2D eigenvalue weighted by atomic mass is 19.4. The molecule has 0 spiro atoms. The molecule has 0 aliphatic rings. The van der Waals surface area contributed by atoms with Gasteiger partial charge >= 0.3 is 12.3 Å². The van der Waals surface area contributed by atoms with Crippen molar-refractivity contribution in [1.82, 2.24) is 0 Å². The Bertz CT molecular complexity index is 1520. The molecule has 4 aromatic rings. The summed E-state index contributed by atoms with van der Waals surface area (Å²) in [6.07, 6.45) is -8.27. The average molecular weight is 572 g/mol. The molecule has 1 nitrogen and oxygen atoms in total. The summed E-state index contributed by atoms with van der Waals surface area (Å²) in [5, 5.41) is 0. The van der Waals surface area contributed by atoms with Crippen LogP contribution >= 0.6 is 0 Å². The predicted molar refractivity (Wildman–Crippen MR) is 127 cm³/mol. The van der Waals surface area contributed by atoms with Crippen LogP contribution in [0.3, 0.4) is 0 Å². The van der Waals surface area contributed by atoms with Gasteiger partial charge in [-0.2, -0.15) is 22.0 Å². The zero-order valence-corrected chi connectivity index (χ0v) is 20.5. The number of alkyl halides is 5. The predicted octanol–water partition coefficient (Wildman–Crippen LogP) is 9.82. The first kappa shape index (κ1) is 29.0. The third-order valence-electron chi connectivity index (χ3n) is 6.02. The highest BCUT2D eigenvalue weighted by Crippen LogP contribution is 2.40. The van der Waals surface area contributed by atoms with Crippen molar-refractivity contribution in [2.45, 2.75) is 32.1 Å². The van der Waals surface area contributed by atoms with Gasteiger partial charge in [0.05, 0.1) is 5.56 Å². The summed E-state index contributed by atoms with van der Waals surface area (Å²) in [5.41, 5.74) is -3.78. The Kier molecular flexibility index (Phi) is 7.87. The number of rotatable bonds is 7. The summed E-state index contributed by atoms with van der Waals surface area (Å²) in [5.74, 6) is -9.76. The molecule has 0 saturated carbocycles. The van der Waals surface area contributed by atoms with Gasteiger partial charge in [0.15, 0.2) is 11.6 Å². The molecule has 0 heterocycles. The Hall–Kier alpha value is -4.02. The van der Waals surface area contributed by atoms with Crippen LogP contribution in [0.25, 0.3) is 22.3 Å². The van der Waals surface area contributed by atoms with Gasteiger partial charge in [0.25, 0.3) is 0 Å². The van der Waals surface area contributed by atoms with E-state index in [0.717, 1.165) is 24.5 Å². The van der Waals surface area contributed by atoms with Gasteiger partial charge < -0.3 is 4.74 Å². The lowest BCUT2D eigenvalue weighted by Crippen LogP contribution is -2.25. The van der Waals surface area contributed by atoms with Gasteiger partial charge in [0.1, 0.15) is 28.8 Å². The minimum absolute atomic E-state index is 0.0159. The zero-order valence-electron chi connectivity index (χ0n) is 20.5. The number of aryl methyl sites for hydroxylation is 1. The molecule has 0 amide bonds. The third-order valence-corrected chi connectivity index (χ3v) is 6.02. The maximum absolute atomic E-state index is 15.0. The van der Waals surface area contributed by atoms with Crippen LogP contribution in [-0.4, -0.2) is 0 Å². The lowest BCUT2D eigenvalue weighted by Gasteiger charge is -2.20. The second kappa shape index (κ2) is 10.9. The van der Waals surface area contributed by atoms with E-state index in [1.165, 1.54) is 6.07 Å². The highest BCUT2D eigenvalue weighted by molar-refractivity contribution is 5.72. The molecule has 0 N–H and O–H groups in total. The normalized spacial score (nSPS) is 12.1. The van der Waals surface area contributed by atoms with E-state index < -0.39 is 69.4 Å². The summed E-state index contributed by atoms with van der Waals surface area (Å²) < 4.78 is 145. The molecule has 11 heteroatoms. The van der Waals surface area contributed by atoms with Gasteiger partial charge in [0.2, 0.25) is 0 Å². The van der Waals surface area contributed by atoms with Crippen molar-refractivity contribution < 1.29 is 48.6 Å². The summed E-state index contributed by atoms with van der Waals surface area (Å²) in [7, 11) is 0. The number of benzene rings is 4. The third kappa shape index (κ3) is 5.78. The molecular formula is C29H18F10O. The summed E-state index contributed by atoms with van der Waals surface area (Å²) in [6.45, 7) is 1.98. The second-order valence-electron chi connectivity index (χ2n) is 8.81. The number of hydrogen-bond donors (Lipinski definition) is 0. The van der Waals surface area contributed by atoms with Crippen LogP contribution < -0.4 is 4.74 Å². The molecule has 0 aromatic heterocycles. The van der Waals surface area contributed by atoms with Crippen LogP contribution in [-0.2, 0) is 18.7 Å². The minimum atomic E-state index is -5.12. The molecule has 0 aliphatic heterocycles. The summed E-state index contributed by atoms with van der Waals surface area (Å²) in [6, 6.07) is 9.95. The standard InChI is InChI=1S/C29H18F10O/c1-2-3-15-4-6-16(7-5-15)19-9-10-20(27(34)26(19)33)17-12-23(31)25(24(32)13-17)29(38,39)40-18-8-11-21(22(30)14-18)28(35,36)37/h4-14H,2-3H2,1H3. The molecule has 0 fully saturated rings. The molecule has 4 aromatic carbocycles. The Labute approximate surface area is 221 Å². The summed E-state index contributed by atoms with van der Waals surface area (Å²) >= 11 is 0. The maximum atomic E-state index is 15.0. The molecule has 0 bridgehead atoms. The average Bonchev–Trinajstić information content (AvgIpc) is 2.85. The van der Waals surface area contributed by atoms with Gasteiger partial charge in [-0.1, -0.05) is 49.7 Å². The van der Waals surface area contributed by atoms with Crippen molar-refractivity contribution in [1.29, 1.82) is 0 Å². The van der Waals surface area contributed by atoms with Crippen molar-refractivity contribution >= 4 is 0 Å². The van der Waals surface area contributed by atoms with E-state index in [1.54, 1.807) is 24.3 Å². The molecule has 0 unspecified atom stereocenters. The first-order chi connectivity index (χ1) is 18.7. The van der Waals surface area contributed by atoms with Gasteiger partial charge in [-0.25, -0.2) is 22.0 Å². The van der Waals surface area contributed by atoms with Crippen LogP contribution in [0.15, 0.2) is 66.7 Å². The molecular weight excluding hydrogens is 554 g/mol. The van der Waals surface area contributed by atoms with Crippen molar-refractivity contribution in [3.05, 3.63) is 113 Å². The van der Waals surface area contributed by atoms with Gasteiger partial charge in [-0.05, 0) is 47.4 Å². The maximum Gasteiger partial charge on any atom is 0.432 e. The monoisotopic (exact) mass is 572 g/mol. The molecule has 0 atom stereocenters. The highest BCUT2D eigenvalue weighted by Gasteiger charge is 2.42. The van der Waals surface area contributed by atoms with E-state index in [0.29, 0.717) is 23.8 Å². The Morgan fingerprint density at radius 1 is 0.625 bits per heavy atom. The topological polar surface area (TPSA) is 9.23 Å². The van der Waals surface area contributed by atoms with Crippen LogP contribution in [0.4, 0.5) is 43.9 Å². The smallest absolute Gasteiger partial charge is 0.429 e. The first-order valence-corrected chi connectivity index (χ1v) is 11.7. The molecule has 0 aliphatic carbocycles. The fraction of sp³-hybridized carbons (Fsp3) is 0.172. The number of ether oxygens (including phenoxy) is 1. The van der Waals surface area contributed by atoms with Crippen LogP contribution in [0.2, 0.25) is 0 Å². The second-order valence-corrected chi connectivity index (χ2v) is 8.81. The van der Waals surface area contributed by atoms with Gasteiger partial charge in [-0.3, -0.25) is 0 Å². The van der Waals surface area contributed by atoms with E-state index in [2.05, 4.69) is 4.74 Å². The lowest BCUT2D eigenvalue weighted by atomic mass is 9.96. The molecule has 4 rings (SSSR count). The van der Waals surface area contributed by atoms with Crippen molar-refractivity contribution in [2.24, 2.45) is 0 Å². The van der Waals surface area contributed by atoms with Gasteiger partial charge in [-0.15, -0.1) is 0 Å². The van der Waals surface area contributed by atoms with E-state index in [9.17, 15) is 43.9 Å². The fourth-order valence-electron chi connectivity index (χ4n) is 4.13. The number of hydrogen-bond acceptors (Lipinski definition) is 1. The molecule has 210 valence electrons. The van der Waals surface area contributed by atoms with E-state index >= 15 is 0 Å². The lowest BCUT2D eigenvalue weighted by molar-refractivity contribution is -0.189. The zero-order chi connectivity index (χ0) is 29.4. The van der Waals surface area contributed by atoms with Crippen molar-refractivity contribution in [3.63, 3.8) is 0 Å². The summed E-state index contributed by atoms with van der Waals surface area (Å²) in [4.78, 5) is 0. The Morgan fingerprint density at radius 3 is 1.68 bits per heavy atom. The van der Waals surface area contributed by atoms with Gasteiger partial charge in [0, 0.05) is 17.2 Å². The van der Waals surface area contributed by atoms with E-state index in [1.807, 2.05) is 6.92 Å². The Morgan fingerprint density at radius 2 is 1.18 bits per heavy atom. The van der Waals surface area contributed by atoms with Crippen molar-refractivity contribution in [2.75, 3.05) is 0 Å². The van der Waals surface area contributed by atoms with Crippen LogP contribution in [0.1, 0.15) is 30.0 Å².